The summed E-state index contributed by atoms with van der Waals surface area (Å²) in [7, 11) is 0. The van der Waals surface area contributed by atoms with Crippen LogP contribution in [-0.2, 0) is 4.74 Å². The molecule has 36 heavy (non-hydrogen) atoms. The SMILES string of the molecule is O=C(c1ccc(OC(F)(F)F)c(F)c1)N1CCC(c2c(F)cnc3[nH]c(C4CNCCO4)cc23)CC1. The van der Waals surface area contributed by atoms with Crippen molar-refractivity contribution in [2.24, 2.45) is 0 Å². The van der Waals surface area contributed by atoms with Gasteiger partial charge in [0, 0.05) is 48.4 Å². The molecule has 3 aromatic rings. The van der Waals surface area contributed by atoms with Crippen molar-refractivity contribution in [2.75, 3.05) is 32.8 Å². The van der Waals surface area contributed by atoms with Crippen molar-refractivity contribution in [3.05, 3.63) is 58.9 Å². The number of likely N-dealkylation sites (tertiary alicyclic amines) is 1. The van der Waals surface area contributed by atoms with E-state index < -0.39 is 29.7 Å². The number of fused-ring (bicyclic) bond motifs is 1. The zero-order valence-corrected chi connectivity index (χ0v) is 19.0. The zero-order chi connectivity index (χ0) is 25.4. The maximum Gasteiger partial charge on any atom is 0.573 e. The van der Waals surface area contributed by atoms with E-state index in [4.69, 9.17) is 4.74 Å². The molecule has 1 aromatic carbocycles. The first-order valence-electron chi connectivity index (χ1n) is 11.5. The van der Waals surface area contributed by atoms with Crippen LogP contribution in [0.1, 0.15) is 46.5 Å². The molecule has 2 N–H and O–H groups in total. The number of rotatable bonds is 4. The molecule has 192 valence electrons. The number of pyridine rings is 1. The Kier molecular flexibility index (Phi) is 6.56. The molecule has 0 radical (unpaired) electrons. The van der Waals surface area contributed by atoms with E-state index in [9.17, 15) is 26.7 Å². The molecule has 0 aliphatic carbocycles. The first-order valence-corrected chi connectivity index (χ1v) is 11.5. The molecule has 1 atom stereocenters. The van der Waals surface area contributed by atoms with Gasteiger partial charge < -0.3 is 24.7 Å². The summed E-state index contributed by atoms with van der Waals surface area (Å²) in [4.78, 5) is 21.7. The van der Waals surface area contributed by atoms with Crippen LogP contribution in [0.5, 0.6) is 5.75 Å². The van der Waals surface area contributed by atoms with E-state index in [0.717, 1.165) is 30.4 Å². The Labute approximate surface area is 202 Å². The number of nitrogens with one attached hydrogen (secondary N) is 2. The molecule has 0 bridgehead atoms. The number of H-pyrrole nitrogens is 1. The average molecular weight is 510 g/mol. The molecule has 2 aromatic heterocycles. The second-order valence-corrected chi connectivity index (χ2v) is 8.83. The second-order valence-electron chi connectivity index (χ2n) is 8.83. The highest BCUT2D eigenvalue weighted by Gasteiger charge is 2.33. The number of amides is 1. The lowest BCUT2D eigenvalue weighted by atomic mass is 9.87. The topological polar surface area (TPSA) is 79.5 Å². The van der Waals surface area contributed by atoms with Crippen LogP contribution in [0, 0.1) is 11.6 Å². The van der Waals surface area contributed by atoms with Gasteiger partial charge in [-0.1, -0.05) is 0 Å². The summed E-state index contributed by atoms with van der Waals surface area (Å²) in [6.07, 6.45) is -3.12. The standard InChI is InChI=1S/C24H23F5N4O3/c25-16-9-14(1-2-19(16)36-24(27,28)29)23(34)33-6-3-13(4-7-33)21-15-10-18(20-12-30-5-8-35-20)32-22(15)31-11-17(21)26/h1-2,9-11,13,20,30H,3-8,12H2,(H,31,32). The predicted octanol–water partition coefficient (Wildman–Crippen LogP) is 4.42. The van der Waals surface area contributed by atoms with Gasteiger partial charge in [0.2, 0.25) is 0 Å². The molecule has 2 aliphatic rings. The lowest BCUT2D eigenvalue weighted by molar-refractivity contribution is -0.275. The summed E-state index contributed by atoms with van der Waals surface area (Å²) in [6, 6.07) is 4.46. The largest absolute Gasteiger partial charge is 0.573 e. The van der Waals surface area contributed by atoms with Gasteiger partial charge >= 0.3 is 6.36 Å². The van der Waals surface area contributed by atoms with Crippen LogP contribution in [0.2, 0.25) is 0 Å². The number of alkyl halides is 3. The Balaban J connectivity index is 1.30. The van der Waals surface area contributed by atoms with Gasteiger partial charge in [0.1, 0.15) is 17.6 Å². The zero-order valence-electron chi connectivity index (χ0n) is 19.0. The fraction of sp³-hybridized carbons (Fsp3) is 0.417. The second kappa shape index (κ2) is 9.66. The number of halogens is 5. The Morgan fingerprint density at radius 1 is 1.14 bits per heavy atom. The van der Waals surface area contributed by atoms with E-state index in [1.807, 2.05) is 6.07 Å². The van der Waals surface area contributed by atoms with Crippen molar-refractivity contribution < 1.29 is 36.2 Å². The van der Waals surface area contributed by atoms with Gasteiger partial charge in [0.05, 0.1) is 12.8 Å². The quantitative estimate of drug-likeness (QED) is 0.508. The third-order valence-corrected chi connectivity index (χ3v) is 6.54. The molecule has 5 rings (SSSR count). The van der Waals surface area contributed by atoms with E-state index in [1.54, 1.807) is 0 Å². The van der Waals surface area contributed by atoms with Gasteiger partial charge in [-0.05, 0) is 43.0 Å². The monoisotopic (exact) mass is 510 g/mol. The van der Waals surface area contributed by atoms with Crippen molar-refractivity contribution in [3.63, 3.8) is 0 Å². The molecule has 7 nitrogen and oxygen atoms in total. The highest BCUT2D eigenvalue weighted by atomic mass is 19.4. The molecule has 1 amide bonds. The van der Waals surface area contributed by atoms with E-state index in [1.165, 1.54) is 11.1 Å². The number of ether oxygens (including phenoxy) is 2. The van der Waals surface area contributed by atoms with Crippen molar-refractivity contribution in [1.82, 2.24) is 20.2 Å². The highest BCUT2D eigenvalue weighted by Crippen LogP contribution is 2.36. The number of carbonyl (C=O) groups is 1. The van der Waals surface area contributed by atoms with Crippen molar-refractivity contribution in [2.45, 2.75) is 31.2 Å². The smallest absolute Gasteiger partial charge is 0.403 e. The lowest BCUT2D eigenvalue weighted by Gasteiger charge is -2.32. The Morgan fingerprint density at radius 2 is 1.92 bits per heavy atom. The van der Waals surface area contributed by atoms with E-state index in [-0.39, 0.29) is 30.7 Å². The molecule has 2 fully saturated rings. The molecular formula is C24H23F5N4O3. The van der Waals surface area contributed by atoms with Crippen LogP contribution < -0.4 is 10.1 Å². The van der Waals surface area contributed by atoms with E-state index >= 15 is 0 Å². The number of morpholine rings is 1. The molecule has 2 aliphatic heterocycles. The van der Waals surface area contributed by atoms with Gasteiger partial charge in [0.25, 0.3) is 5.91 Å². The summed E-state index contributed by atoms with van der Waals surface area (Å²) < 4.78 is 75.5. The number of aromatic nitrogens is 2. The lowest BCUT2D eigenvalue weighted by Crippen LogP contribution is -2.38. The first kappa shape index (κ1) is 24.4. The van der Waals surface area contributed by atoms with Crippen molar-refractivity contribution in [1.29, 1.82) is 0 Å². The van der Waals surface area contributed by atoms with Gasteiger partial charge in [-0.3, -0.25) is 4.79 Å². The summed E-state index contributed by atoms with van der Waals surface area (Å²) in [5, 5.41) is 3.93. The van der Waals surface area contributed by atoms with Gasteiger partial charge in [-0.25, -0.2) is 13.8 Å². The van der Waals surface area contributed by atoms with Crippen LogP contribution >= 0.6 is 0 Å². The minimum absolute atomic E-state index is 0.0886. The normalized spacial score (nSPS) is 19.6. The summed E-state index contributed by atoms with van der Waals surface area (Å²) in [5.74, 6) is -3.40. The number of nitrogens with zero attached hydrogens (tertiary/aromatic N) is 2. The fourth-order valence-electron chi connectivity index (χ4n) is 4.84. The van der Waals surface area contributed by atoms with Crippen molar-refractivity contribution in [3.8, 4) is 5.75 Å². The summed E-state index contributed by atoms with van der Waals surface area (Å²) >= 11 is 0. The molecule has 1 unspecified atom stereocenters. The molecular weight excluding hydrogens is 487 g/mol. The molecule has 0 saturated carbocycles. The minimum Gasteiger partial charge on any atom is -0.403 e. The van der Waals surface area contributed by atoms with Gasteiger partial charge in [-0.15, -0.1) is 13.2 Å². The number of hydrogen-bond acceptors (Lipinski definition) is 5. The molecule has 4 heterocycles. The summed E-state index contributed by atoms with van der Waals surface area (Å²) in [5.41, 5.74) is 1.81. The number of piperidine rings is 1. The van der Waals surface area contributed by atoms with Crippen LogP contribution in [0.25, 0.3) is 11.0 Å². The molecule has 0 spiro atoms. The van der Waals surface area contributed by atoms with Crippen LogP contribution in [-0.4, -0.2) is 59.9 Å². The molecule has 12 heteroatoms. The molecule has 2 saturated heterocycles. The number of aromatic amines is 1. The maximum atomic E-state index is 14.9. The average Bonchev–Trinajstić information content (AvgIpc) is 3.29. The Hall–Kier alpha value is -3.25. The van der Waals surface area contributed by atoms with E-state index in [2.05, 4.69) is 20.0 Å². The highest BCUT2D eigenvalue weighted by molar-refractivity contribution is 5.94. The Morgan fingerprint density at radius 3 is 2.58 bits per heavy atom. The fourth-order valence-corrected chi connectivity index (χ4v) is 4.84. The van der Waals surface area contributed by atoms with Crippen LogP contribution in [0.4, 0.5) is 22.0 Å². The third-order valence-electron chi connectivity index (χ3n) is 6.54. The number of carbonyl (C=O) groups excluding carboxylic acids is 1. The van der Waals surface area contributed by atoms with Crippen LogP contribution in [0.15, 0.2) is 30.5 Å². The van der Waals surface area contributed by atoms with Crippen LogP contribution in [0.3, 0.4) is 0 Å². The van der Waals surface area contributed by atoms with E-state index in [0.29, 0.717) is 42.6 Å². The maximum absolute atomic E-state index is 14.9. The summed E-state index contributed by atoms with van der Waals surface area (Å²) in [6.45, 7) is 2.53. The Bertz CT molecular complexity index is 1260. The number of benzene rings is 1. The first-order chi connectivity index (χ1) is 17.2. The van der Waals surface area contributed by atoms with Gasteiger partial charge in [-0.2, -0.15) is 0 Å². The third kappa shape index (κ3) is 5.00. The predicted molar refractivity (Wildman–Crippen MR) is 119 cm³/mol. The van der Waals surface area contributed by atoms with Gasteiger partial charge in [0.15, 0.2) is 11.6 Å². The minimum atomic E-state index is -5.04. The number of hydrogen-bond donors (Lipinski definition) is 2. The van der Waals surface area contributed by atoms with Crippen molar-refractivity contribution >= 4 is 16.9 Å².